The van der Waals surface area contributed by atoms with Crippen molar-refractivity contribution in [3.05, 3.63) is 11.4 Å². The van der Waals surface area contributed by atoms with Crippen LogP contribution < -0.4 is 10.2 Å². The molecule has 6 heteroatoms. The van der Waals surface area contributed by atoms with Gasteiger partial charge in [0.1, 0.15) is 30.5 Å². The molecular weight excluding hydrogens is 240 g/mol. The molecule has 0 radical (unpaired) electrons. The van der Waals surface area contributed by atoms with E-state index < -0.39 is 0 Å². The third-order valence-corrected chi connectivity index (χ3v) is 2.60. The van der Waals surface area contributed by atoms with Gasteiger partial charge in [0.15, 0.2) is 0 Å². The Morgan fingerprint density at radius 3 is 2.32 bits per heavy atom. The molecule has 0 fully saturated rings. The van der Waals surface area contributed by atoms with E-state index >= 15 is 0 Å². The highest BCUT2D eigenvalue weighted by Crippen LogP contribution is 2.23. The highest BCUT2D eigenvalue weighted by atomic mass is 15.2. The molecule has 0 atom stereocenters. The van der Waals surface area contributed by atoms with E-state index in [1.165, 1.54) is 0 Å². The molecule has 0 aliphatic heterocycles. The number of hydrogen-bond acceptors (Lipinski definition) is 6. The number of nitrogens with one attached hydrogen (secondary N) is 1. The second-order valence-electron chi connectivity index (χ2n) is 4.17. The third-order valence-electron chi connectivity index (χ3n) is 2.60. The van der Waals surface area contributed by atoms with E-state index in [1.807, 2.05) is 6.92 Å². The fourth-order valence-electron chi connectivity index (χ4n) is 1.71. The Balaban J connectivity index is 3.15. The molecule has 1 heterocycles. The first-order chi connectivity index (χ1) is 9.13. The van der Waals surface area contributed by atoms with Crippen LogP contribution in [-0.2, 0) is 0 Å². The highest BCUT2D eigenvalue weighted by Gasteiger charge is 2.15. The summed E-state index contributed by atoms with van der Waals surface area (Å²) in [6.45, 7) is 6.88. The van der Waals surface area contributed by atoms with Gasteiger partial charge in [0.2, 0.25) is 0 Å². The van der Waals surface area contributed by atoms with E-state index in [4.69, 9.17) is 10.5 Å². The first-order valence-corrected chi connectivity index (χ1v) is 6.22. The smallest absolute Gasteiger partial charge is 0.139 e. The standard InChI is InChI=1S/C13H18N6/c1-4-7-16-12-10(2)13(18-11(3)17-12)19(8-5-14)9-6-15/h4,7-9H2,1-3H3,(H,16,17,18). The van der Waals surface area contributed by atoms with Crippen LogP contribution in [0.25, 0.3) is 0 Å². The minimum Gasteiger partial charge on any atom is -0.370 e. The van der Waals surface area contributed by atoms with Crippen LogP contribution in [0, 0.1) is 36.5 Å². The van der Waals surface area contributed by atoms with Gasteiger partial charge >= 0.3 is 0 Å². The maximum absolute atomic E-state index is 8.84. The third kappa shape index (κ3) is 3.82. The monoisotopic (exact) mass is 258 g/mol. The van der Waals surface area contributed by atoms with Crippen molar-refractivity contribution in [1.82, 2.24) is 9.97 Å². The van der Waals surface area contributed by atoms with Crippen LogP contribution in [0.3, 0.4) is 0 Å². The van der Waals surface area contributed by atoms with Gasteiger partial charge in [-0.15, -0.1) is 0 Å². The number of hydrogen-bond donors (Lipinski definition) is 1. The summed E-state index contributed by atoms with van der Waals surface area (Å²) in [4.78, 5) is 10.4. The summed E-state index contributed by atoms with van der Waals surface area (Å²) in [5.74, 6) is 2.04. The summed E-state index contributed by atoms with van der Waals surface area (Å²) >= 11 is 0. The van der Waals surface area contributed by atoms with Crippen molar-refractivity contribution in [3.63, 3.8) is 0 Å². The Kier molecular flexibility index (Phi) is 5.56. The summed E-state index contributed by atoms with van der Waals surface area (Å²) in [6, 6.07) is 4.11. The van der Waals surface area contributed by atoms with Crippen LogP contribution >= 0.6 is 0 Å². The van der Waals surface area contributed by atoms with Crippen molar-refractivity contribution in [1.29, 1.82) is 10.5 Å². The predicted molar refractivity (Wildman–Crippen MR) is 73.7 cm³/mol. The molecule has 1 N–H and O–H groups in total. The van der Waals surface area contributed by atoms with Crippen molar-refractivity contribution in [2.24, 2.45) is 0 Å². The summed E-state index contributed by atoms with van der Waals surface area (Å²) in [6.07, 6.45) is 0.998. The lowest BCUT2D eigenvalue weighted by atomic mass is 10.2. The molecule has 0 saturated heterocycles. The molecule has 1 aromatic rings. The lowest BCUT2D eigenvalue weighted by Crippen LogP contribution is -2.26. The quantitative estimate of drug-likeness (QED) is 0.782. The molecule has 0 bridgehead atoms. The fourth-order valence-corrected chi connectivity index (χ4v) is 1.71. The number of aromatic nitrogens is 2. The first-order valence-electron chi connectivity index (χ1n) is 6.22. The van der Waals surface area contributed by atoms with Crippen LogP contribution in [0.5, 0.6) is 0 Å². The number of rotatable bonds is 6. The van der Waals surface area contributed by atoms with Crippen molar-refractivity contribution >= 4 is 11.6 Å². The summed E-state index contributed by atoms with van der Waals surface area (Å²) in [7, 11) is 0. The molecule has 0 aromatic carbocycles. The fraction of sp³-hybridized carbons (Fsp3) is 0.538. The van der Waals surface area contributed by atoms with Crippen LogP contribution in [0.15, 0.2) is 0 Å². The predicted octanol–water partition coefficient (Wildman–Crippen LogP) is 1.77. The Labute approximate surface area is 113 Å². The summed E-state index contributed by atoms with van der Waals surface area (Å²) < 4.78 is 0. The maximum atomic E-state index is 8.84. The molecule has 19 heavy (non-hydrogen) atoms. The van der Waals surface area contributed by atoms with E-state index in [1.54, 1.807) is 11.8 Å². The molecule has 0 aliphatic carbocycles. The van der Waals surface area contributed by atoms with Crippen LogP contribution in [-0.4, -0.2) is 29.6 Å². The zero-order valence-electron chi connectivity index (χ0n) is 11.6. The van der Waals surface area contributed by atoms with Gasteiger partial charge in [-0.3, -0.25) is 0 Å². The topological polar surface area (TPSA) is 88.6 Å². The molecular formula is C13H18N6. The first kappa shape index (κ1) is 14.7. The van der Waals surface area contributed by atoms with E-state index in [0.29, 0.717) is 11.6 Å². The number of aryl methyl sites for hydroxylation is 1. The van der Waals surface area contributed by atoms with Gasteiger partial charge in [-0.25, -0.2) is 9.97 Å². The lowest BCUT2D eigenvalue weighted by Gasteiger charge is -2.21. The molecule has 0 unspecified atom stereocenters. The van der Waals surface area contributed by atoms with Gasteiger partial charge in [-0.05, 0) is 20.3 Å². The minimum atomic E-state index is 0.137. The van der Waals surface area contributed by atoms with E-state index in [-0.39, 0.29) is 13.1 Å². The molecule has 100 valence electrons. The lowest BCUT2D eigenvalue weighted by molar-refractivity contribution is 0.889. The Bertz CT molecular complexity index is 495. The average Bonchev–Trinajstić information content (AvgIpc) is 2.39. The molecule has 0 spiro atoms. The molecule has 6 nitrogen and oxygen atoms in total. The SMILES string of the molecule is CCCNc1nc(C)nc(N(CC#N)CC#N)c1C. The molecule has 0 saturated carbocycles. The Morgan fingerprint density at radius 1 is 1.16 bits per heavy atom. The summed E-state index contributed by atoms with van der Waals surface area (Å²) in [5, 5.41) is 20.9. The van der Waals surface area contributed by atoms with Crippen molar-refractivity contribution in [2.45, 2.75) is 27.2 Å². The molecule has 0 aliphatic rings. The van der Waals surface area contributed by atoms with Crippen molar-refractivity contribution in [2.75, 3.05) is 29.9 Å². The Hall–Kier alpha value is -2.34. The maximum Gasteiger partial charge on any atom is 0.139 e. The highest BCUT2D eigenvalue weighted by molar-refractivity contribution is 5.59. The largest absolute Gasteiger partial charge is 0.370 e. The van der Waals surface area contributed by atoms with Crippen LogP contribution in [0.4, 0.5) is 11.6 Å². The summed E-state index contributed by atoms with van der Waals surface area (Å²) in [5.41, 5.74) is 0.865. The number of nitriles is 2. The Morgan fingerprint density at radius 2 is 1.79 bits per heavy atom. The molecule has 1 rings (SSSR count). The normalized spacial score (nSPS) is 9.53. The van der Waals surface area contributed by atoms with E-state index in [0.717, 1.165) is 24.3 Å². The van der Waals surface area contributed by atoms with E-state index in [9.17, 15) is 0 Å². The van der Waals surface area contributed by atoms with Crippen LogP contribution in [0.1, 0.15) is 24.7 Å². The van der Waals surface area contributed by atoms with E-state index in [2.05, 4.69) is 34.3 Å². The number of anilines is 2. The van der Waals surface area contributed by atoms with Gasteiger partial charge < -0.3 is 10.2 Å². The van der Waals surface area contributed by atoms with Gasteiger partial charge in [-0.2, -0.15) is 10.5 Å². The second-order valence-corrected chi connectivity index (χ2v) is 4.17. The van der Waals surface area contributed by atoms with Gasteiger partial charge in [0.25, 0.3) is 0 Å². The molecule has 1 aromatic heterocycles. The van der Waals surface area contributed by atoms with Gasteiger partial charge in [-0.1, -0.05) is 6.92 Å². The zero-order valence-corrected chi connectivity index (χ0v) is 11.6. The minimum absolute atomic E-state index is 0.137. The van der Waals surface area contributed by atoms with Gasteiger partial charge in [0.05, 0.1) is 12.1 Å². The zero-order chi connectivity index (χ0) is 14.3. The number of nitrogens with zero attached hydrogens (tertiary/aromatic N) is 5. The average molecular weight is 258 g/mol. The van der Waals surface area contributed by atoms with Crippen LogP contribution in [0.2, 0.25) is 0 Å². The molecule has 0 amide bonds. The van der Waals surface area contributed by atoms with Crippen molar-refractivity contribution < 1.29 is 0 Å². The van der Waals surface area contributed by atoms with Crippen molar-refractivity contribution in [3.8, 4) is 12.1 Å². The second kappa shape index (κ2) is 7.17. The van der Waals surface area contributed by atoms with Gasteiger partial charge in [0, 0.05) is 12.1 Å².